The Kier molecular flexibility index (Phi) is 4.74. The van der Waals surface area contributed by atoms with E-state index in [9.17, 15) is 9.90 Å². The first-order valence-corrected chi connectivity index (χ1v) is 8.45. The number of hydrogen-bond acceptors (Lipinski definition) is 4. The lowest BCUT2D eigenvalue weighted by molar-refractivity contribution is 0.236. The first kappa shape index (κ1) is 16.4. The number of phenolic OH excluding ortho intramolecular Hbond substituents is 1. The molecule has 24 heavy (non-hydrogen) atoms. The van der Waals surface area contributed by atoms with Gasteiger partial charge in [0.25, 0.3) is 0 Å². The lowest BCUT2D eigenvalue weighted by Gasteiger charge is -2.15. The Bertz CT molecular complexity index is 718. The number of nitrogens with zero attached hydrogens (tertiary/aromatic N) is 1. The van der Waals surface area contributed by atoms with Crippen molar-refractivity contribution in [1.29, 1.82) is 0 Å². The molecule has 3 rings (SSSR count). The molecule has 2 amide bonds. The summed E-state index contributed by atoms with van der Waals surface area (Å²) in [7, 11) is 0. The second-order valence-corrected chi connectivity index (χ2v) is 6.00. The van der Waals surface area contributed by atoms with Crippen LogP contribution in [0, 0.1) is 0 Å². The van der Waals surface area contributed by atoms with Crippen LogP contribution in [0.1, 0.15) is 54.5 Å². The number of nitrogens with one attached hydrogen (secondary N) is 2. The van der Waals surface area contributed by atoms with Crippen molar-refractivity contribution < 1.29 is 14.4 Å². The van der Waals surface area contributed by atoms with E-state index < -0.39 is 0 Å². The van der Waals surface area contributed by atoms with Gasteiger partial charge in [-0.05, 0) is 36.5 Å². The molecule has 0 fully saturated rings. The molecule has 1 atom stereocenters. The van der Waals surface area contributed by atoms with E-state index in [1.807, 2.05) is 26.0 Å². The number of benzene rings is 1. The molecule has 1 aromatic carbocycles. The number of aromatic hydroxyl groups is 1. The zero-order valence-electron chi connectivity index (χ0n) is 14.1. The Morgan fingerprint density at radius 2 is 2.21 bits per heavy atom. The molecule has 6 nitrogen and oxygen atoms in total. The molecule has 0 saturated carbocycles. The highest BCUT2D eigenvalue weighted by molar-refractivity contribution is 5.74. The summed E-state index contributed by atoms with van der Waals surface area (Å²) in [6.45, 7) is 4.43. The van der Waals surface area contributed by atoms with E-state index in [0.717, 1.165) is 53.8 Å². The summed E-state index contributed by atoms with van der Waals surface area (Å²) in [4.78, 5) is 12.3. The summed E-state index contributed by atoms with van der Waals surface area (Å²) >= 11 is 0. The number of carbonyl (C=O) groups is 1. The van der Waals surface area contributed by atoms with E-state index in [2.05, 4.69) is 15.8 Å². The maximum Gasteiger partial charge on any atom is 0.315 e. The fraction of sp³-hybridized carbons (Fsp3) is 0.444. The SMILES string of the molecule is CCc1noc(CC)c1CNC(=O)N[C@@H]1CCc2c(O)cccc21. The molecule has 0 bridgehead atoms. The van der Waals surface area contributed by atoms with E-state index in [1.54, 1.807) is 6.07 Å². The van der Waals surface area contributed by atoms with Crippen molar-refractivity contribution in [3.63, 3.8) is 0 Å². The predicted molar refractivity (Wildman–Crippen MR) is 89.8 cm³/mol. The highest BCUT2D eigenvalue weighted by atomic mass is 16.5. The van der Waals surface area contributed by atoms with Crippen molar-refractivity contribution in [2.75, 3.05) is 0 Å². The van der Waals surface area contributed by atoms with E-state index >= 15 is 0 Å². The quantitative estimate of drug-likeness (QED) is 0.787. The minimum atomic E-state index is -0.221. The average molecular weight is 329 g/mol. The van der Waals surface area contributed by atoms with Gasteiger partial charge in [-0.15, -0.1) is 0 Å². The summed E-state index contributed by atoms with van der Waals surface area (Å²) in [5.74, 6) is 1.13. The summed E-state index contributed by atoms with van der Waals surface area (Å²) < 4.78 is 5.31. The Balaban J connectivity index is 1.62. The third-order valence-electron chi connectivity index (χ3n) is 4.58. The summed E-state index contributed by atoms with van der Waals surface area (Å²) in [6, 6.07) is 5.17. The first-order valence-electron chi connectivity index (χ1n) is 8.45. The summed E-state index contributed by atoms with van der Waals surface area (Å²) in [6.07, 6.45) is 3.10. The van der Waals surface area contributed by atoms with Crippen LogP contribution < -0.4 is 10.6 Å². The van der Waals surface area contributed by atoms with Gasteiger partial charge in [-0.25, -0.2) is 4.79 Å². The van der Waals surface area contributed by atoms with Gasteiger partial charge in [0.05, 0.1) is 11.7 Å². The zero-order valence-corrected chi connectivity index (χ0v) is 14.1. The third kappa shape index (κ3) is 3.09. The molecule has 3 N–H and O–H groups in total. The topological polar surface area (TPSA) is 87.4 Å². The number of fused-ring (bicyclic) bond motifs is 1. The number of rotatable bonds is 5. The minimum Gasteiger partial charge on any atom is -0.508 e. The van der Waals surface area contributed by atoms with Crippen LogP contribution in [0.25, 0.3) is 0 Å². The fourth-order valence-electron chi connectivity index (χ4n) is 3.30. The molecule has 128 valence electrons. The standard InChI is InChI=1S/C18H23N3O3/c1-3-14-13(17(4-2)24-21-14)10-19-18(23)20-15-9-8-12-11(15)6-5-7-16(12)22/h5-7,15,22H,3-4,8-10H2,1-2H3,(H2,19,20,23)/t15-/m1/s1. The van der Waals surface area contributed by atoms with Crippen molar-refractivity contribution in [1.82, 2.24) is 15.8 Å². The Morgan fingerprint density at radius 1 is 1.38 bits per heavy atom. The number of aryl methyl sites for hydroxylation is 2. The van der Waals surface area contributed by atoms with Gasteiger partial charge in [-0.3, -0.25) is 0 Å². The van der Waals surface area contributed by atoms with Crippen molar-refractivity contribution >= 4 is 6.03 Å². The number of phenols is 1. The van der Waals surface area contributed by atoms with Crippen LogP contribution in [0.15, 0.2) is 22.7 Å². The van der Waals surface area contributed by atoms with Gasteiger partial charge in [0.1, 0.15) is 11.5 Å². The van der Waals surface area contributed by atoms with Gasteiger partial charge in [0, 0.05) is 18.5 Å². The van der Waals surface area contributed by atoms with Crippen LogP contribution in [-0.4, -0.2) is 16.3 Å². The molecule has 1 heterocycles. The highest BCUT2D eigenvalue weighted by Gasteiger charge is 2.26. The summed E-state index contributed by atoms with van der Waals surface area (Å²) in [5, 5.41) is 19.8. The van der Waals surface area contributed by atoms with Gasteiger partial charge in [-0.1, -0.05) is 31.1 Å². The van der Waals surface area contributed by atoms with Crippen molar-refractivity contribution in [2.24, 2.45) is 0 Å². The molecule has 0 saturated heterocycles. The smallest absolute Gasteiger partial charge is 0.315 e. The van der Waals surface area contributed by atoms with Crippen molar-refractivity contribution in [2.45, 2.75) is 52.1 Å². The normalized spacial score (nSPS) is 16.0. The van der Waals surface area contributed by atoms with Gasteiger partial charge < -0.3 is 20.3 Å². The van der Waals surface area contributed by atoms with Gasteiger partial charge >= 0.3 is 6.03 Å². The molecule has 2 aromatic rings. The summed E-state index contributed by atoms with van der Waals surface area (Å²) in [5.41, 5.74) is 3.80. The van der Waals surface area contributed by atoms with Crippen LogP contribution >= 0.6 is 0 Å². The van der Waals surface area contributed by atoms with Crippen LogP contribution in [0.4, 0.5) is 4.79 Å². The lowest BCUT2D eigenvalue weighted by atomic mass is 10.1. The Morgan fingerprint density at radius 3 is 2.96 bits per heavy atom. The van der Waals surface area contributed by atoms with E-state index in [-0.39, 0.29) is 12.1 Å². The number of carbonyl (C=O) groups excluding carboxylic acids is 1. The predicted octanol–water partition coefficient (Wildman–Crippen LogP) is 2.99. The molecule has 1 aromatic heterocycles. The molecule has 0 unspecified atom stereocenters. The molecule has 0 aliphatic heterocycles. The maximum atomic E-state index is 12.3. The molecular formula is C18H23N3O3. The fourth-order valence-corrected chi connectivity index (χ4v) is 3.30. The van der Waals surface area contributed by atoms with Gasteiger partial charge in [0.2, 0.25) is 0 Å². The highest BCUT2D eigenvalue weighted by Crippen LogP contribution is 2.36. The number of amides is 2. The maximum absolute atomic E-state index is 12.3. The van der Waals surface area contributed by atoms with E-state index in [1.165, 1.54) is 0 Å². The van der Waals surface area contributed by atoms with Gasteiger partial charge in [-0.2, -0.15) is 0 Å². The van der Waals surface area contributed by atoms with E-state index in [0.29, 0.717) is 12.3 Å². The average Bonchev–Trinajstić information content (AvgIpc) is 3.17. The van der Waals surface area contributed by atoms with Gasteiger partial charge in [0.15, 0.2) is 0 Å². The number of urea groups is 1. The monoisotopic (exact) mass is 329 g/mol. The van der Waals surface area contributed by atoms with Crippen LogP contribution in [-0.2, 0) is 25.8 Å². The van der Waals surface area contributed by atoms with Crippen LogP contribution in [0.3, 0.4) is 0 Å². The van der Waals surface area contributed by atoms with Crippen LogP contribution in [0.2, 0.25) is 0 Å². The lowest BCUT2D eigenvalue weighted by Crippen LogP contribution is -2.37. The molecule has 1 aliphatic carbocycles. The second-order valence-electron chi connectivity index (χ2n) is 6.00. The molecule has 1 aliphatic rings. The number of aromatic nitrogens is 1. The molecular weight excluding hydrogens is 306 g/mol. The van der Waals surface area contributed by atoms with Crippen molar-refractivity contribution in [3.05, 3.63) is 46.3 Å². The Hall–Kier alpha value is -2.50. The molecule has 6 heteroatoms. The Labute approximate surface area is 141 Å². The first-order chi connectivity index (χ1) is 11.6. The largest absolute Gasteiger partial charge is 0.508 e. The third-order valence-corrected chi connectivity index (χ3v) is 4.58. The van der Waals surface area contributed by atoms with Crippen LogP contribution in [0.5, 0.6) is 5.75 Å². The van der Waals surface area contributed by atoms with E-state index in [4.69, 9.17) is 4.52 Å². The minimum absolute atomic E-state index is 0.0640. The molecule has 0 radical (unpaired) electrons. The molecule has 0 spiro atoms. The zero-order chi connectivity index (χ0) is 17.1. The van der Waals surface area contributed by atoms with Crippen molar-refractivity contribution in [3.8, 4) is 5.75 Å². The number of hydrogen-bond donors (Lipinski definition) is 3. The second kappa shape index (κ2) is 6.95.